The lowest BCUT2D eigenvalue weighted by Crippen LogP contribution is -2.49. The summed E-state index contributed by atoms with van der Waals surface area (Å²) in [6, 6.07) is 14.4. The first-order chi connectivity index (χ1) is 17.3. The average Bonchev–Trinajstić information content (AvgIpc) is 2.84. The minimum atomic E-state index is -0.663. The van der Waals surface area contributed by atoms with Gasteiger partial charge in [-0.2, -0.15) is 0 Å². The molecule has 1 aliphatic heterocycles. The summed E-state index contributed by atoms with van der Waals surface area (Å²) in [6.07, 6.45) is 1.78. The van der Waals surface area contributed by atoms with Crippen LogP contribution in [0, 0.1) is 11.6 Å². The fourth-order valence-electron chi connectivity index (χ4n) is 4.79. The third-order valence-corrected chi connectivity index (χ3v) is 6.51. The minimum absolute atomic E-state index is 0.0431. The summed E-state index contributed by atoms with van der Waals surface area (Å²) in [5.41, 5.74) is 4.41. The van der Waals surface area contributed by atoms with Crippen LogP contribution < -0.4 is 10.7 Å². The van der Waals surface area contributed by atoms with Gasteiger partial charge in [-0.1, -0.05) is 24.3 Å². The summed E-state index contributed by atoms with van der Waals surface area (Å²) in [7, 11) is 0. The number of Topliss-reactive ketones (excluding diaryl/α,β-unsaturated/α-hetero) is 1. The van der Waals surface area contributed by atoms with Crippen LogP contribution in [0.5, 0.6) is 5.75 Å². The molecule has 1 saturated heterocycles. The van der Waals surface area contributed by atoms with Crippen LogP contribution in [0.4, 0.5) is 14.5 Å². The van der Waals surface area contributed by atoms with Gasteiger partial charge in [0.2, 0.25) is 0 Å². The summed E-state index contributed by atoms with van der Waals surface area (Å²) >= 11 is 0. The highest BCUT2D eigenvalue weighted by atomic mass is 19.1. The monoisotopic (exact) mass is 488 g/mol. The minimum Gasteiger partial charge on any atom is -0.507 e. The first-order valence-corrected chi connectivity index (χ1v) is 11.7. The number of para-hydroxylation sites is 1. The van der Waals surface area contributed by atoms with E-state index in [0.717, 1.165) is 22.7 Å². The first-order valence-electron chi connectivity index (χ1n) is 11.7. The summed E-state index contributed by atoms with van der Waals surface area (Å²) in [4.78, 5) is 18.4. The molecular weight excluding hydrogens is 462 g/mol. The van der Waals surface area contributed by atoms with Gasteiger partial charge in [-0.15, -0.1) is 0 Å². The normalized spacial score (nSPS) is 14.4. The Balaban J connectivity index is 1.72. The molecule has 3 aromatic carbocycles. The maximum Gasteiger partial charge on any atom is 0.134 e. The Bertz CT molecular complexity index is 1450. The molecule has 0 radical (unpaired) electrons. The van der Waals surface area contributed by atoms with E-state index in [1.807, 2.05) is 24.3 Å². The number of carbonyl (C=O) groups excluding carboxylic acids is 1. The van der Waals surface area contributed by atoms with E-state index in [9.17, 15) is 18.7 Å². The number of rotatable bonds is 5. The van der Waals surface area contributed by atoms with Gasteiger partial charge < -0.3 is 10.0 Å². The number of phenolic OH excluding ortho intramolecular Hbond substituents is 1. The van der Waals surface area contributed by atoms with Crippen LogP contribution in [0.15, 0.2) is 60.8 Å². The number of hydrogen-bond acceptors (Lipinski definition) is 6. The molecule has 1 aliphatic rings. The number of nitrogens with two attached hydrogens (primary N) is 1. The predicted octanol–water partition coefficient (Wildman–Crippen LogP) is 4.68. The summed E-state index contributed by atoms with van der Waals surface area (Å²) < 4.78 is 28.3. The van der Waals surface area contributed by atoms with Crippen molar-refractivity contribution in [2.75, 3.05) is 31.1 Å². The number of anilines is 1. The Hall–Kier alpha value is -3.88. The standard InChI is InChI=1S/C28H26F2N4O2/c1-17(35)11-19-3-2-4-23(28(19)36)18-5-6-26-24(14-18)27(33-7-9-34(31)10-8-33)25(16-32-26)20-12-21(29)15-22(30)13-20/h2-6,12-16,36H,7-11,31H2,1H3. The molecule has 0 bridgehead atoms. The van der Waals surface area contributed by atoms with Crippen molar-refractivity contribution in [2.24, 2.45) is 5.84 Å². The predicted molar refractivity (Wildman–Crippen MR) is 137 cm³/mol. The summed E-state index contributed by atoms with van der Waals surface area (Å²) in [5.74, 6) is 4.67. The van der Waals surface area contributed by atoms with Crippen molar-refractivity contribution < 1.29 is 18.7 Å². The zero-order valence-corrected chi connectivity index (χ0v) is 19.8. The highest BCUT2D eigenvalue weighted by Gasteiger charge is 2.22. The number of nitrogens with zero attached hydrogens (tertiary/aromatic N) is 3. The topological polar surface area (TPSA) is 82.7 Å². The summed E-state index contributed by atoms with van der Waals surface area (Å²) in [6.45, 7) is 4.01. The van der Waals surface area contributed by atoms with Crippen molar-refractivity contribution in [3.05, 3.63) is 78.0 Å². The molecule has 0 spiro atoms. The molecule has 0 aliphatic carbocycles. The van der Waals surface area contributed by atoms with E-state index in [1.165, 1.54) is 19.1 Å². The Morgan fingerprint density at radius 1 is 0.972 bits per heavy atom. The lowest BCUT2D eigenvalue weighted by Gasteiger charge is -2.35. The molecular formula is C28H26F2N4O2. The van der Waals surface area contributed by atoms with Gasteiger partial charge in [0.05, 0.1) is 11.2 Å². The number of piperazine rings is 1. The number of fused-ring (bicyclic) bond motifs is 1. The van der Waals surface area contributed by atoms with Gasteiger partial charge in [0.25, 0.3) is 0 Å². The van der Waals surface area contributed by atoms with E-state index in [2.05, 4.69) is 9.88 Å². The molecule has 184 valence electrons. The quantitative estimate of drug-likeness (QED) is 0.397. The van der Waals surface area contributed by atoms with E-state index >= 15 is 0 Å². The zero-order valence-electron chi connectivity index (χ0n) is 19.8. The van der Waals surface area contributed by atoms with Gasteiger partial charge in [-0.3, -0.25) is 15.6 Å². The second-order valence-corrected chi connectivity index (χ2v) is 9.13. The smallest absolute Gasteiger partial charge is 0.134 e. The van der Waals surface area contributed by atoms with Crippen LogP contribution in [-0.2, 0) is 11.2 Å². The van der Waals surface area contributed by atoms with Crippen LogP contribution in [0.25, 0.3) is 33.2 Å². The molecule has 3 N–H and O–H groups in total. The third-order valence-electron chi connectivity index (χ3n) is 6.51. The maximum atomic E-state index is 14.2. The number of ketones is 1. The SMILES string of the molecule is CC(=O)Cc1cccc(-c2ccc3ncc(-c4cc(F)cc(F)c4)c(N4CCN(N)CC4)c3c2)c1O. The number of aromatic nitrogens is 1. The van der Waals surface area contributed by atoms with Gasteiger partial charge >= 0.3 is 0 Å². The van der Waals surface area contributed by atoms with Crippen LogP contribution >= 0.6 is 0 Å². The van der Waals surface area contributed by atoms with Gasteiger partial charge in [-0.25, -0.2) is 13.8 Å². The Morgan fingerprint density at radius 2 is 1.69 bits per heavy atom. The molecule has 1 aromatic heterocycles. The van der Waals surface area contributed by atoms with Gasteiger partial charge in [-0.05, 0) is 42.3 Å². The Kier molecular flexibility index (Phi) is 6.38. The van der Waals surface area contributed by atoms with Gasteiger partial charge in [0.15, 0.2) is 0 Å². The molecule has 36 heavy (non-hydrogen) atoms. The number of pyridine rings is 1. The number of phenols is 1. The zero-order chi connectivity index (χ0) is 25.4. The van der Waals surface area contributed by atoms with E-state index in [4.69, 9.17) is 5.84 Å². The average molecular weight is 489 g/mol. The highest BCUT2D eigenvalue weighted by Crippen LogP contribution is 2.40. The van der Waals surface area contributed by atoms with E-state index < -0.39 is 11.6 Å². The van der Waals surface area contributed by atoms with Gasteiger partial charge in [0.1, 0.15) is 23.2 Å². The lowest BCUT2D eigenvalue weighted by atomic mass is 9.95. The second kappa shape index (κ2) is 9.64. The Labute approximate surface area is 207 Å². The van der Waals surface area contributed by atoms with Gasteiger partial charge in [0, 0.05) is 66.9 Å². The number of hydrogen-bond donors (Lipinski definition) is 2. The number of benzene rings is 3. The third kappa shape index (κ3) is 4.65. The van der Waals surface area contributed by atoms with Crippen molar-refractivity contribution in [2.45, 2.75) is 13.3 Å². The van der Waals surface area contributed by atoms with E-state index in [0.29, 0.717) is 53.9 Å². The summed E-state index contributed by atoms with van der Waals surface area (Å²) in [5, 5.41) is 13.5. The largest absolute Gasteiger partial charge is 0.507 e. The molecule has 0 atom stereocenters. The van der Waals surface area contributed by atoms with Crippen LogP contribution in [0.3, 0.4) is 0 Å². The molecule has 0 amide bonds. The fourth-order valence-corrected chi connectivity index (χ4v) is 4.79. The second-order valence-electron chi connectivity index (χ2n) is 9.13. The maximum absolute atomic E-state index is 14.2. The Morgan fingerprint density at radius 3 is 2.39 bits per heavy atom. The molecule has 1 fully saturated rings. The van der Waals surface area contributed by atoms with Crippen LogP contribution in [0.2, 0.25) is 0 Å². The number of carbonyl (C=O) groups is 1. The van der Waals surface area contributed by atoms with Crippen LogP contribution in [-0.4, -0.2) is 47.1 Å². The first kappa shape index (κ1) is 23.8. The van der Waals surface area contributed by atoms with Crippen LogP contribution in [0.1, 0.15) is 12.5 Å². The van der Waals surface area contributed by atoms with E-state index in [-0.39, 0.29) is 18.0 Å². The lowest BCUT2D eigenvalue weighted by molar-refractivity contribution is -0.116. The molecule has 2 heterocycles. The van der Waals surface area contributed by atoms with Crippen molar-refractivity contribution in [1.29, 1.82) is 0 Å². The highest BCUT2D eigenvalue weighted by molar-refractivity contribution is 6.02. The van der Waals surface area contributed by atoms with Crippen molar-refractivity contribution in [3.8, 4) is 28.0 Å². The number of aromatic hydroxyl groups is 1. The number of halogens is 2. The fraction of sp³-hybridized carbons (Fsp3) is 0.214. The van der Waals surface area contributed by atoms with E-state index in [1.54, 1.807) is 23.3 Å². The molecule has 4 aromatic rings. The molecule has 0 unspecified atom stereocenters. The van der Waals surface area contributed by atoms with Crippen molar-refractivity contribution in [1.82, 2.24) is 9.99 Å². The molecule has 6 nitrogen and oxygen atoms in total. The number of hydrazine groups is 1. The van der Waals surface area contributed by atoms with Crippen molar-refractivity contribution >= 4 is 22.4 Å². The molecule has 8 heteroatoms. The molecule has 0 saturated carbocycles. The molecule has 5 rings (SSSR count). The van der Waals surface area contributed by atoms with Crippen molar-refractivity contribution in [3.63, 3.8) is 0 Å².